The highest BCUT2D eigenvalue weighted by atomic mass is 35.5. The number of carbonyl (C=O) groups is 1. The van der Waals surface area contributed by atoms with Crippen LogP contribution in [0.1, 0.15) is 12.5 Å². The van der Waals surface area contributed by atoms with Gasteiger partial charge in [0.05, 0.1) is 35.1 Å². The van der Waals surface area contributed by atoms with Gasteiger partial charge in [-0.05, 0) is 48.9 Å². The number of nitrogens with zero attached hydrogens (tertiary/aromatic N) is 3. The molecule has 5 rings (SSSR count). The van der Waals surface area contributed by atoms with Crippen LogP contribution in [0.4, 0.5) is 13.2 Å². The Morgan fingerprint density at radius 2 is 1.85 bits per heavy atom. The topological polar surface area (TPSA) is 118 Å². The van der Waals surface area contributed by atoms with Crippen LogP contribution in [0.25, 0.3) is 27.8 Å². The number of carboxylic acids is 1. The fraction of sp³-hybridized carbons (Fsp3) is 0.192. The van der Waals surface area contributed by atoms with Crippen molar-refractivity contribution >= 4 is 39.6 Å². The Labute approximate surface area is 227 Å². The number of aromatic nitrogens is 3. The van der Waals surface area contributed by atoms with Gasteiger partial charge in [0.2, 0.25) is 0 Å². The lowest BCUT2D eigenvalue weighted by molar-refractivity contribution is -0.274. The average molecular weight is 578 g/mol. The Hall–Kier alpha value is -4.65. The molecule has 0 amide bonds. The van der Waals surface area contributed by atoms with Gasteiger partial charge in [-0.2, -0.15) is 0 Å². The minimum atomic E-state index is -4.95. The van der Waals surface area contributed by atoms with E-state index in [4.69, 9.17) is 30.7 Å². The van der Waals surface area contributed by atoms with E-state index < -0.39 is 29.9 Å². The van der Waals surface area contributed by atoms with Crippen molar-refractivity contribution in [1.82, 2.24) is 14.3 Å². The zero-order chi connectivity index (χ0) is 28.8. The molecule has 208 valence electrons. The van der Waals surface area contributed by atoms with Crippen LogP contribution in [0.5, 0.6) is 17.2 Å². The second-order valence-corrected chi connectivity index (χ2v) is 9.04. The van der Waals surface area contributed by atoms with Crippen molar-refractivity contribution < 1.29 is 41.8 Å². The van der Waals surface area contributed by atoms with Crippen LogP contribution >= 0.6 is 11.6 Å². The Morgan fingerprint density at radius 1 is 1.10 bits per heavy atom. The lowest BCUT2D eigenvalue weighted by Crippen LogP contribution is -2.24. The van der Waals surface area contributed by atoms with Gasteiger partial charge in [-0.3, -0.25) is 4.57 Å². The highest BCUT2D eigenvalue weighted by molar-refractivity contribution is 6.32. The standard InChI is InChI=1S/C26H19ClF3N3O7/c1-13(24(34)35)38-22-9-14(3-7-18(22)27)12-32-19-8-5-16(39-26(28,29)30)10-20(19)33(25(32)36)23-17-6-4-15(37-2)11-21(17)40-31-23/h3-11,13H,12H2,1-2H3,(H,34,35)/t13-/m1/s1. The van der Waals surface area contributed by atoms with Gasteiger partial charge in [-0.15, -0.1) is 13.2 Å². The summed E-state index contributed by atoms with van der Waals surface area (Å²) in [5, 5.41) is 13.7. The molecule has 0 saturated heterocycles. The molecule has 0 spiro atoms. The van der Waals surface area contributed by atoms with Crippen LogP contribution in [-0.2, 0) is 11.3 Å². The van der Waals surface area contributed by atoms with Crippen molar-refractivity contribution in [1.29, 1.82) is 0 Å². The molecule has 40 heavy (non-hydrogen) atoms. The summed E-state index contributed by atoms with van der Waals surface area (Å²) in [4.78, 5) is 25.0. The van der Waals surface area contributed by atoms with Crippen LogP contribution in [0.3, 0.4) is 0 Å². The van der Waals surface area contributed by atoms with Gasteiger partial charge in [0.25, 0.3) is 0 Å². The molecule has 5 aromatic rings. The monoisotopic (exact) mass is 577 g/mol. The van der Waals surface area contributed by atoms with Crippen molar-refractivity contribution in [2.45, 2.75) is 25.9 Å². The smallest absolute Gasteiger partial charge is 0.497 e. The predicted molar refractivity (Wildman–Crippen MR) is 137 cm³/mol. The maximum absolute atomic E-state index is 13.8. The lowest BCUT2D eigenvalue weighted by Gasteiger charge is -2.13. The molecule has 0 bridgehead atoms. The Bertz CT molecular complexity index is 1810. The van der Waals surface area contributed by atoms with Crippen molar-refractivity contribution in [2.75, 3.05) is 7.11 Å². The maximum atomic E-state index is 13.8. The summed E-state index contributed by atoms with van der Waals surface area (Å²) < 4.78 is 61.5. The van der Waals surface area contributed by atoms with Crippen LogP contribution in [0.2, 0.25) is 5.02 Å². The van der Waals surface area contributed by atoms with Crippen LogP contribution in [0.15, 0.2) is 63.9 Å². The van der Waals surface area contributed by atoms with E-state index in [0.29, 0.717) is 16.7 Å². The number of alkyl halides is 3. The van der Waals surface area contributed by atoms with E-state index >= 15 is 0 Å². The molecular formula is C26H19ClF3N3O7. The number of methoxy groups -OCH3 is 1. The van der Waals surface area contributed by atoms with E-state index in [9.17, 15) is 22.8 Å². The highest BCUT2D eigenvalue weighted by Gasteiger charge is 2.32. The number of aliphatic carboxylic acids is 1. The fourth-order valence-electron chi connectivity index (χ4n) is 4.14. The molecule has 0 aliphatic rings. The second kappa shape index (κ2) is 10.2. The first-order valence-electron chi connectivity index (χ1n) is 11.6. The largest absolute Gasteiger partial charge is 0.573 e. The number of carboxylic acid groups (broad SMARTS) is 1. The van der Waals surface area contributed by atoms with Gasteiger partial charge in [0.1, 0.15) is 17.2 Å². The Morgan fingerprint density at radius 3 is 2.55 bits per heavy atom. The summed E-state index contributed by atoms with van der Waals surface area (Å²) in [6, 6.07) is 12.9. The number of hydrogen-bond acceptors (Lipinski definition) is 7. The third kappa shape index (κ3) is 5.15. The highest BCUT2D eigenvalue weighted by Crippen LogP contribution is 2.32. The molecule has 0 aliphatic heterocycles. The van der Waals surface area contributed by atoms with Crippen molar-refractivity contribution in [2.24, 2.45) is 0 Å². The zero-order valence-corrected chi connectivity index (χ0v) is 21.5. The zero-order valence-electron chi connectivity index (χ0n) is 20.7. The van der Waals surface area contributed by atoms with E-state index in [1.165, 1.54) is 36.8 Å². The Balaban J connectivity index is 1.66. The summed E-state index contributed by atoms with van der Waals surface area (Å²) in [6.07, 6.45) is -6.14. The molecule has 1 N–H and O–H groups in total. The van der Waals surface area contributed by atoms with Crippen LogP contribution in [0, 0.1) is 0 Å². The van der Waals surface area contributed by atoms with Gasteiger partial charge >= 0.3 is 18.0 Å². The van der Waals surface area contributed by atoms with E-state index in [2.05, 4.69) is 9.89 Å². The number of imidazole rings is 1. The molecule has 1 atom stereocenters. The lowest BCUT2D eigenvalue weighted by atomic mass is 10.2. The number of hydrogen-bond donors (Lipinski definition) is 1. The van der Waals surface area contributed by atoms with Gasteiger partial charge in [-0.1, -0.05) is 22.8 Å². The number of rotatable bonds is 8. The SMILES string of the molecule is COc1ccc2c(-n3c(=O)n(Cc4ccc(Cl)c(O[C@H](C)C(=O)O)c4)c4ccc(OC(F)(F)F)cc43)noc2c1. The van der Waals surface area contributed by atoms with Gasteiger partial charge in [-0.25, -0.2) is 14.2 Å². The van der Waals surface area contributed by atoms with Crippen LogP contribution < -0.4 is 19.9 Å². The number of halogens is 4. The van der Waals surface area contributed by atoms with Gasteiger partial charge in [0.15, 0.2) is 17.5 Å². The normalized spacial score (nSPS) is 12.6. The van der Waals surface area contributed by atoms with E-state index in [0.717, 1.165) is 16.7 Å². The van der Waals surface area contributed by atoms with Crippen molar-refractivity contribution in [3.05, 3.63) is 75.7 Å². The van der Waals surface area contributed by atoms with Crippen molar-refractivity contribution in [3.63, 3.8) is 0 Å². The molecule has 0 radical (unpaired) electrons. The number of fused-ring (bicyclic) bond motifs is 2. The molecule has 0 unspecified atom stereocenters. The first-order valence-corrected chi connectivity index (χ1v) is 12.0. The second-order valence-electron chi connectivity index (χ2n) is 8.63. The molecule has 3 aromatic carbocycles. The molecular weight excluding hydrogens is 559 g/mol. The Kier molecular flexibility index (Phi) is 6.84. The third-order valence-electron chi connectivity index (χ3n) is 5.99. The number of ether oxygens (including phenoxy) is 3. The summed E-state index contributed by atoms with van der Waals surface area (Å²) in [5.74, 6) is -1.13. The maximum Gasteiger partial charge on any atom is 0.573 e. The summed E-state index contributed by atoms with van der Waals surface area (Å²) in [6.45, 7) is 1.27. The molecule has 0 fully saturated rings. The van der Waals surface area contributed by atoms with Crippen LogP contribution in [-0.4, -0.2) is 44.9 Å². The predicted octanol–water partition coefficient (Wildman–Crippen LogP) is 5.39. The van der Waals surface area contributed by atoms with E-state index in [-0.39, 0.29) is 39.8 Å². The minimum Gasteiger partial charge on any atom is -0.497 e. The summed E-state index contributed by atoms with van der Waals surface area (Å²) in [7, 11) is 1.47. The number of benzene rings is 3. The average Bonchev–Trinajstić information content (AvgIpc) is 3.42. The van der Waals surface area contributed by atoms with E-state index in [1.54, 1.807) is 24.3 Å². The third-order valence-corrected chi connectivity index (χ3v) is 6.31. The summed E-state index contributed by atoms with van der Waals surface area (Å²) >= 11 is 6.17. The van der Waals surface area contributed by atoms with Gasteiger partial charge < -0.3 is 23.8 Å². The first kappa shape index (κ1) is 26.9. The molecule has 0 aliphatic carbocycles. The summed E-state index contributed by atoms with van der Waals surface area (Å²) in [5.41, 5.74) is 0.491. The quantitative estimate of drug-likeness (QED) is 0.261. The van der Waals surface area contributed by atoms with E-state index in [1.807, 2.05) is 0 Å². The molecule has 14 heteroatoms. The minimum absolute atomic E-state index is 0.0472. The molecule has 10 nitrogen and oxygen atoms in total. The molecule has 2 heterocycles. The van der Waals surface area contributed by atoms with Gasteiger partial charge in [0, 0.05) is 12.1 Å². The van der Waals surface area contributed by atoms with Crippen molar-refractivity contribution in [3.8, 4) is 23.1 Å². The molecule has 2 aromatic heterocycles. The first-order chi connectivity index (χ1) is 18.9. The fourth-order valence-corrected chi connectivity index (χ4v) is 4.31. The molecule has 0 saturated carbocycles.